The zero-order chi connectivity index (χ0) is 24.8. The van der Waals surface area contributed by atoms with Crippen LogP contribution in [0.5, 0.6) is 5.75 Å². The fourth-order valence-electron chi connectivity index (χ4n) is 3.31. The molecular formula is C26H34N2O5. The molecule has 2 amide bonds. The van der Waals surface area contributed by atoms with Crippen LogP contribution in [-0.2, 0) is 21.5 Å². The van der Waals surface area contributed by atoms with Crippen molar-refractivity contribution in [3.05, 3.63) is 64.7 Å². The fraction of sp³-hybridized carbons (Fsp3) is 0.423. The number of rotatable bonds is 8. The highest BCUT2D eigenvalue weighted by Gasteiger charge is 2.25. The van der Waals surface area contributed by atoms with Crippen LogP contribution in [0.2, 0.25) is 0 Å². The molecule has 0 spiro atoms. The lowest BCUT2D eigenvalue weighted by molar-refractivity contribution is -0.124. The van der Waals surface area contributed by atoms with E-state index in [4.69, 9.17) is 9.47 Å². The van der Waals surface area contributed by atoms with Crippen LogP contribution in [0.4, 0.5) is 0 Å². The lowest BCUT2D eigenvalue weighted by Crippen LogP contribution is -2.49. The molecule has 0 saturated heterocycles. The molecule has 0 heterocycles. The summed E-state index contributed by atoms with van der Waals surface area (Å²) in [4.78, 5) is 37.6. The van der Waals surface area contributed by atoms with Crippen molar-refractivity contribution in [1.82, 2.24) is 10.6 Å². The Morgan fingerprint density at radius 3 is 2.12 bits per heavy atom. The monoisotopic (exact) mass is 454 g/mol. The molecule has 2 N–H and O–H groups in total. The molecule has 0 saturated carbocycles. The second-order valence-corrected chi connectivity index (χ2v) is 9.27. The van der Waals surface area contributed by atoms with Crippen LogP contribution in [0.1, 0.15) is 66.5 Å². The molecule has 0 aliphatic rings. The number of ether oxygens (including phenoxy) is 2. The van der Waals surface area contributed by atoms with Crippen molar-refractivity contribution >= 4 is 17.8 Å². The van der Waals surface area contributed by atoms with E-state index in [1.54, 1.807) is 30.3 Å². The van der Waals surface area contributed by atoms with E-state index in [2.05, 4.69) is 31.4 Å². The molecule has 0 fully saturated rings. The van der Waals surface area contributed by atoms with Gasteiger partial charge >= 0.3 is 5.97 Å². The van der Waals surface area contributed by atoms with Gasteiger partial charge in [0.05, 0.1) is 14.2 Å². The average molecular weight is 455 g/mol. The molecule has 7 nitrogen and oxygen atoms in total. The predicted octanol–water partition coefficient (Wildman–Crippen LogP) is 3.85. The SMILES string of the molecule is COC(=O)c1cc(CNC(=O)[C@H](NC(=O)c2ccc(C(C)(C)C)cc2)C(C)C)ccc1OC. The van der Waals surface area contributed by atoms with Crippen LogP contribution in [0.3, 0.4) is 0 Å². The molecular weight excluding hydrogens is 420 g/mol. The molecule has 0 bridgehead atoms. The van der Waals surface area contributed by atoms with Gasteiger partial charge in [-0.25, -0.2) is 4.79 Å². The Hall–Kier alpha value is -3.35. The summed E-state index contributed by atoms with van der Waals surface area (Å²) in [5.74, 6) is -0.863. The summed E-state index contributed by atoms with van der Waals surface area (Å²) < 4.78 is 9.98. The Bertz CT molecular complexity index is 991. The second kappa shape index (κ2) is 11.0. The van der Waals surface area contributed by atoms with Crippen molar-refractivity contribution in [2.24, 2.45) is 5.92 Å². The van der Waals surface area contributed by atoms with Gasteiger partial charge in [0.1, 0.15) is 17.4 Å². The smallest absolute Gasteiger partial charge is 0.341 e. The largest absolute Gasteiger partial charge is 0.496 e. The highest BCUT2D eigenvalue weighted by molar-refractivity contribution is 5.97. The van der Waals surface area contributed by atoms with Crippen molar-refractivity contribution in [3.63, 3.8) is 0 Å². The lowest BCUT2D eigenvalue weighted by Gasteiger charge is -2.22. The number of hydrogen-bond acceptors (Lipinski definition) is 5. The van der Waals surface area contributed by atoms with E-state index < -0.39 is 12.0 Å². The predicted molar refractivity (Wildman–Crippen MR) is 127 cm³/mol. The summed E-state index contributed by atoms with van der Waals surface area (Å²) in [5.41, 5.74) is 2.60. The van der Waals surface area contributed by atoms with Crippen LogP contribution < -0.4 is 15.4 Å². The van der Waals surface area contributed by atoms with Crippen LogP contribution >= 0.6 is 0 Å². The number of hydrogen-bond donors (Lipinski definition) is 2. The highest BCUT2D eigenvalue weighted by Crippen LogP contribution is 2.23. The normalized spacial score (nSPS) is 12.1. The minimum Gasteiger partial charge on any atom is -0.496 e. The number of esters is 1. The van der Waals surface area contributed by atoms with Crippen LogP contribution in [0.15, 0.2) is 42.5 Å². The number of amides is 2. The van der Waals surface area contributed by atoms with Gasteiger partial charge in [0.2, 0.25) is 5.91 Å². The number of carbonyl (C=O) groups excluding carboxylic acids is 3. The molecule has 0 radical (unpaired) electrons. The number of nitrogens with one attached hydrogen (secondary N) is 2. The Balaban J connectivity index is 2.08. The van der Waals surface area contributed by atoms with E-state index in [0.717, 1.165) is 5.56 Å². The third kappa shape index (κ3) is 6.81. The van der Waals surface area contributed by atoms with Crippen molar-refractivity contribution in [2.75, 3.05) is 14.2 Å². The first-order valence-corrected chi connectivity index (χ1v) is 10.9. The van der Waals surface area contributed by atoms with Gasteiger partial charge in [0.25, 0.3) is 5.91 Å². The molecule has 0 unspecified atom stereocenters. The van der Waals surface area contributed by atoms with Gasteiger partial charge in [-0.3, -0.25) is 9.59 Å². The molecule has 178 valence electrons. The standard InChI is InChI=1S/C26H34N2O5/c1-16(2)22(28-23(29)18-9-11-19(12-10-18)26(3,4)5)24(30)27-15-17-8-13-21(32-6)20(14-17)25(31)33-7/h8-14,16,22H,15H2,1-7H3,(H,27,30)(H,28,29)/t22-/m1/s1. The maximum Gasteiger partial charge on any atom is 0.341 e. The van der Waals surface area contributed by atoms with E-state index in [1.165, 1.54) is 14.2 Å². The maximum atomic E-state index is 12.9. The van der Waals surface area contributed by atoms with Crippen LogP contribution in [-0.4, -0.2) is 38.0 Å². The molecule has 2 rings (SSSR count). The summed E-state index contributed by atoms with van der Waals surface area (Å²) in [6.07, 6.45) is 0. The zero-order valence-electron chi connectivity index (χ0n) is 20.4. The Morgan fingerprint density at radius 2 is 1.61 bits per heavy atom. The highest BCUT2D eigenvalue weighted by atomic mass is 16.5. The summed E-state index contributed by atoms with van der Waals surface area (Å²) in [6.45, 7) is 10.3. The molecule has 0 aliphatic carbocycles. The Labute approximate surface area is 195 Å². The third-order valence-electron chi connectivity index (χ3n) is 5.38. The summed E-state index contributed by atoms with van der Waals surface area (Å²) in [6, 6.07) is 11.7. The number of benzene rings is 2. The van der Waals surface area contributed by atoms with Crippen molar-refractivity contribution < 1.29 is 23.9 Å². The van der Waals surface area contributed by atoms with Crippen molar-refractivity contribution in [3.8, 4) is 5.75 Å². The maximum absolute atomic E-state index is 12.9. The molecule has 7 heteroatoms. The average Bonchev–Trinajstić information content (AvgIpc) is 2.79. The van der Waals surface area contributed by atoms with Crippen LogP contribution in [0, 0.1) is 5.92 Å². The van der Waals surface area contributed by atoms with E-state index in [0.29, 0.717) is 16.9 Å². The first-order chi connectivity index (χ1) is 15.5. The third-order valence-corrected chi connectivity index (χ3v) is 5.38. The lowest BCUT2D eigenvalue weighted by atomic mass is 9.86. The molecule has 0 aliphatic heterocycles. The van der Waals surface area contributed by atoms with Crippen molar-refractivity contribution in [2.45, 2.75) is 52.6 Å². The van der Waals surface area contributed by atoms with Crippen LogP contribution in [0.25, 0.3) is 0 Å². The van der Waals surface area contributed by atoms with Crippen molar-refractivity contribution in [1.29, 1.82) is 0 Å². The van der Waals surface area contributed by atoms with E-state index in [9.17, 15) is 14.4 Å². The summed E-state index contributed by atoms with van der Waals surface area (Å²) in [5, 5.41) is 5.68. The number of carbonyl (C=O) groups is 3. The van der Waals surface area contributed by atoms with Gasteiger partial charge in [-0.2, -0.15) is 0 Å². The van der Waals surface area contributed by atoms with Gasteiger partial charge in [-0.05, 0) is 46.7 Å². The minimum atomic E-state index is -0.710. The summed E-state index contributed by atoms with van der Waals surface area (Å²) in [7, 11) is 2.76. The number of methoxy groups -OCH3 is 2. The topological polar surface area (TPSA) is 93.7 Å². The van der Waals surface area contributed by atoms with Gasteiger partial charge in [0.15, 0.2) is 0 Å². The van der Waals surface area contributed by atoms with Gasteiger partial charge in [-0.1, -0.05) is 52.8 Å². The molecule has 1 atom stereocenters. The van der Waals surface area contributed by atoms with Gasteiger partial charge in [0, 0.05) is 12.1 Å². The molecule has 2 aromatic carbocycles. The fourth-order valence-corrected chi connectivity index (χ4v) is 3.31. The Morgan fingerprint density at radius 1 is 0.970 bits per heavy atom. The molecule has 2 aromatic rings. The molecule has 33 heavy (non-hydrogen) atoms. The molecule has 0 aromatic heterocycles. The minimum absolute atomic E-state index is 0.00938. The van der Waals surface area contributed by atoms with E-state index in [-0.39, 0.29) is 35.3 Å². The van der Waals surface area contributed by atoms with E-state index in [1.807, 2.05) is 26.0 Å². The second-order valence-electron chi connectivity index (χ2n) is 9.27. The van der Waals surface area contributed by atoms with E-state index >= 15 is 0 Å². The quantitative estimate of drug-likeness (QED) is 0.591. The van der Waals surface area contributed by atoms with Gasteiger partial charge < -0.3 is 20.1 Å². The van der Waals surface area contributed by atoms with Gasteiger partial charge in [-0.15, -0.1) is 0 Å². The summed E-state index contributed by atoms with van der Waals surface area (Å²) >= 11 is 0. The first-order valence-electron chi connectivity index (χ1n) is 10.9. The first kappa shape index (κ1) is 25.9. The Kier molecular flexibility index (Phi) is 8.63. The zero-order valence-corrected chi connectivity index (χ0v) is 20.4.